The lowest BCUT2D eigenvalue weighted by Gasteiger charge is -2.04. The number of rotatable bonds is 4. The van der Waals surface area contributed by atoms with Crippen LogP contribution in [0.3, 0.4) is 0 Å². The van der Waals surface area contributed by atoms with Crippen LogP contribution in [-0.2, 0) is 14.9 Å². The molecule has 0 radical (unpaired) electrons. The number of anilines is 1. The minimum Gasteiger partial charge on any atom is -0.378 e. The zero-order chi connectivity index (χ0) is 11.5. The highest BCUT2D eigenvalue weighted by Gasteiger charge is 2.08. The van der Waals surface area contributed by atoms with Gasteiger partial charge in [-0.25, -0.2) is 0 Å². The first-order valence-electron chi connectivity index (χ1n) is 4.20. The van der Waals surface area contributed by atoms with E-state index in [4.69, 9.17) is 4.55 Å². The summed E-state index contributed by atoms with van der Waals surface area (Å²) in [6.45, 7) is 1.63. The fourth-order valence-electron chi connectivity index (χ4n) is 0.971. The molecule has 1 aromatic carbocycles. The fraction of sp³-hybridized carbons (Fsp3) is 0.222. The molecule has 5 nitrogen and oxygen atoms in total. The van der Waals surface area contributed by atoms with E-state index in [1.807, 2.05) is 0 Å². The van der Waals surface area contributed by atoms with E-state index in [9.17, 15) is 13.2 Å². The molecule has 6 heteroatoms. The van der Waals surface area contributed by atoms with E-state index < -0.39 is 10.1 Å². The molecule has 0 heterocycles. The second-order valence-electron chi connectivity index (χ2n) is 3.06. The van der Waals surface area contributed by atoms with Crippen molar-refractivity contribution in [1.82, 2.24) is 0 Å². The molecule has 1 aromatic rings. The molecule has 1 rings (SSSR count). The lowest BCUT2D eigenvalue weighted by Crippen LogP contribution is -2.09. The van der Waals surface area contributed by atoms with Crippen LogP contribution in [0, 0.1) is 0 Å². The van der Waals surface area contributed by atoms with Crippen LogP contribution in [0.1, 0.15) is 6.92 Å². The SMILES string of the molecule is CC(=O)CNc1ccc(S(=O)(=O)O)cc1. The summed E-state index contributed by atoms with van der Waals surface area (Å²) >= 11 is 0. The number of ketones is 1. The number of hydrogen-bond donors (Lipinski definition) is 2. The molecule has 0 spiro atoms. The molecule has 0 saturated carbocycles. The van der Waals surface area contributed by atoms with E-state index in [0.717, 1.165) is 0 Å². The Bertz CT molecular complexity index is 450. The summed E-state index contributed by atoms with van der Waals surface area (Å²) in [6, 6.07) is 5.48. The summed E-state index contributed by atoms with van der Waals surface area (Å²) in [7, 11) is -4.15. The quantitative estimate of drug-likeness (QED) is 0.750. The van der Waals surface area contributed by atoms with Gasteiger partial charge in [-0.05, 0) is 31.2 Å². The zero-order valence-corrected chi connectivity index (χ0v) is 8.91. The molecule has 82 valence electrons. The highest BCUT2D eigenvalue weighted by atomic mass is 32.2. The average Bonchev–Trinajstić information content (AvgIpc) is 2.14. The Labute approximate surface area is 87.9 Å². The van der Waals surface area contributed by atoms with Crippen molar-refractivity contribution >= 4 is 21.6 Å². The summed E-state index contributed by atoms with van der Waals surface area (Å²) in [5.41, 5.74) is 0.623. The van der Waals surface area contributed by atoms with Gasteiger partial charge >= 0.3 is 0 Å². The standard InChI is InChI=1S/C9H11NO4S/c1-7(11)6-10-8-2-4-9(5-3-8)15(12,13)14/h2-5,10H,6H2,1H3,(H,12,13,14). The maximum atomic E-state index is 10.7. The highest BCUT2D eigenvalue weighted by molar-refractivity contribution is 7.85. The van der Waals surface area contributed by atoms with Crippen LogP contribution in [0.15, 0.2) is 29.2 Å². The van der Waals surface area contributed by atoms with Crippen molar-refractivity contribution in [3.05, 3.63) is 24.3 Å². The molecular formula is C9H11NO4S. The van der Waals surface area contributed by atoms with Gasteiger partial charge in [-0.2, -0.15) is 8.42 Å². The van der Waals surface area contributed by atoms with Crippen molar-refractivity contribution in [2.45, 2.75) is 11.8 Å². The summed E-state index contributed by atoms with van der Waals surface area (Å²) in [6.07, 6.45) is 0. The number of nitrogens with one attached hydrogen (secondary N) is 1. The summed E-state index contributed by atoms with van der Waals surface area (Å²) in [5, 5.41) is 2.80. The van der Waals surface area contributed by atoms with Crippen molar-refractivity contribution in [2.24, 2.45) is 0 Å². The van der Waals surface area contributed by atoms with Crippen molar-refractivity contribution < 1.29 is 17.8 Å². The second-order valence-corrected chi connectivity index (χ2v) is 4.48. The first-order valence-corrected chi connectivity index (χ1v) is 5.64. The third-order valence-electron chi connectivity index (χ3n) is 1.69. The lowest BCUT2D eigenvalue weighted by molar-refractivity contribution is -0.115. The van der Waals surface area contributed by atoms with Gasteiger partial charge in [-0.15, -0.1) is 0 Å². The Morgan fingerprint density at radius 3 is 2.27 bits per heavy atom. The zero-order valence-electron chi connectivity index (χ0n) is 8.10. The van der Waals surface area contributed by atoms with Gasteiger partial charge in [0.1, 0.15) is 5.78 Å². The van der Waals surface area contributed by atoms with E-state index in [1.165, 1.54) is 31.2 Å². The third kappa shape index (κ3) is 3.69. The van der Waals surface area contributed by atoms with Crippen molar-refractivity contribution in [3.63, 3.8) is 0 Å². The maximum absolute atomic E-state index is 10.7. The predicted octanol–water partition coefficient (Wildman–Crippen LogP) is 0.934. The molecule has 0 bridgehead atoms. The molecule has 0 atom stereocenters. The van der Waals surface area contributed by atoms with E-state index in [1.54, 1.807) is 0 Å². The van der Waals surface area contributed by atoms with E-state index in [2.05, 4.69) is 5.32 Å². The van der Waals surface area contributed by atoms with Gasteiger partial charge in [-0.1, -0.05) is 0 Å². The molecule has 15 heavy (non-hydrogen) atoms. The third-order valence-corrected chi connectivity index (χ3v) is 2.56. The largest absolute Gasteiger partial charge is 0.378 e. The number of carbonyl (C=O) groups is 1. The molecular weight excluding hydrogens is 218 g/mol. The molecule has 0 amide bonds. The van der Waals surface area contributed by atoms with Crippen LogP contribution in [0.4, 0.5) is 5.69 Å². The Balaban J connectivity index is 2.77. The molecule has 0 unspecified atom stereocenters. The number of hydrogen-bond acceptors (Lipinski definition) is 4. The summed E-state index contributed by atoms with van der Waals surface area (Å²) in [4.78, 5) is 10.5. The van der Waals surface area contributed by atoms with Gasteiger partial charge in [0.25, 0.3) is 10.1 Å². The Morgan fingerprint density at radius 2 is 1.87 bits per heavy atom. The summed E-state index contributed by atoms with van der Waals surface area (Å²) < 4.78 is 30.1. The molecule has 2 N–H and O–H groups in total. The normalized spacial score (nSPS) is 11.1. The molecule has 0 aliphatic heterocycles. The van der Waals surface area contributed by atoms with Gasteiger partial charge in [0, 0.05) is 5.69 Å². The van der Waals surface area contributed by atoms with E-state index in [0.29, 0.717) is 5.69 Å². The first-order chi connectivity index (χ1) is 6.89. The molecule has 0 aromatic heterocycles. The molecule has 0 saturated heterocycles. The van der Waals surface area contributed by atoms with Gasteiger partial charge < -0.3 is 5.32 Å². The fourth-order valence-corrected chi connectivity index (χ4v) is 1.45. The Hall–Kier alpha value is -1.40. The van der Waals surface area contributed by atoms with Gasteiger partial charge in [-0.3, -0.25) is 9.35 Å². The van der Waals surface area contributed by atoms with Crippen molar-refractivity contribution in [3.8, 4) is 0 Å². The molecule has 0 aliphatic rings. The second kappa shape index (κ2) is 4.41. The minimum absolute atomic E-state index is 0.0196. The van der Waals surface area contributed by atoms with Crippen LogP contribution in [-0.4, -0.2) is 25.3 Å². The Kier molecular flexibility index (Phi) is 3.43. The predicted molar refractivity (Wildman–Crippen MR) is 55.4 cm³/mol. The number of benzene rings is 1. The number of Topliss-reactive ketones (excluding diaryl/α,β-unsaturated/α-hetero) is 1. The minimum atomic E-state index is -4.15. The topological polar surface area (TPSA) is 83.5 Å². The van der Waals surface area contributed by atoms with Crippen LogP contribution in [0.2, 0.25) is 0 Å². The smallest absolute Gasteiger partial charge is 0.294 e. The van der Waals surface area contributed by atoms with Crippen LogP contribution >= 0.6 is 0 Å². The van der Waals surface area contributed by atoms with Crippen LogP contribution < -0.4 is 5.32 Å². The Morgan fingerprint density at radius 1 is 1.33 bits per heavy atom. The van der Waals surface area contributed by atoms with Gasteiger partial charge in [0.2, 0.25) is 0 Å². The molecule has 0 aliphatic carbocycles. The van der Waals surface area contributed by atoms with E-state index in [-0.39, 0.29) is 17.2 Å². The number of carbonyl (C=O) groups excluding carboxylic acids is 1. The van der Waals surface area contributed by atoms with Gasteiger partial charge in [0.15, 0.2) is 0 Å². The first kappa shape index (κ1) is 11.7. The van der Waals surface area contributed by atoms with Crippen LogP contribution in [0.25, 0.3) is 0 Å². The van der Waals surface area contributed by atoms with Gasteiger partial charge in [0.05, 0.1) is 11.4 Å². The maximum Gasteiger partial charge on any atom is 0.294 e. The van der Waals surface area contributed by atoms with Crippen LogP contribution in [0.5, 0.6) is 0 Å². The highest BCUT2D eigenvalue weighted by Crippen LogP contribution is 2.13. The average molecular weight is 229 g/mol. The molecule has 0 fully saturated rings. The van der Waals surface area contributed by atoms with Crippen molar-refractivity contribution in [2.75, 3.05) is 11.9 Å². The monoisotopic (exact) mass is 229 g/mol. The van der Waals surface area contributed by atoms with Crippen molar-refractivity contribution in [1.29, 1.82) is 0 Å². The van der Waals surface area contributed by atoms with E-state index >= 15 is 0 Å². The summed E-state index contributed by atoms with van der Waals surface area (Å²) in [5.74, 6) is -0.0196. The lowest BCUT2D eigenvalue weighted by atomic mass is 10.3.